The third-order valence-corrected chi connectivity index (χ3v) is 3.74. The van der Waals surface area contributed by atoms with Crippen molar-refractivity contribution in [1.29, 1.82) is 0 Å². The fourth-order valence-electron chi connectivity index (χ4n) is 2.60. The summed E-state index contributed by atoms with van der Waals surface area (Å²) in [6.45, 7) is 13.5. The van der Waals surface area contributed by atoms with Crippen LogP contribution in [0.3, 0.4) is 0 Å². The molecule has 0 aromatic rings. The minimum Gasteiger partial charge on any atom is -0.380 e. The lowest BCUT2D eigenvalue weighted by atomic mass is 9.83. The maximum Gasteiger partial charge on any atom is 0.246 e. The van der Waals surface area contributed by atoms with Gasteiger partial charge < -0.3 is 15.0 Å². The van der Waals surface area contributed by atoms with Crippen molar-refractivity contribution in [3.8, 4) is 0 Å². The van der Waals surface area contributed by atoms with Crippen molar-refractivity contribution in [2.45, 2.75) is 60.0 Å². The van der Waals surface area contributed by atoms with Crippen molar-refractivity contribution in [2.24, 2.45) is 11.3 Å². The van der Waals surface area contributed by atoms with Crippen LogP contribution in [-0.2, 0) is 14.3 Å². The molecule has 0 aliphatic carbocycles. The van der Waals surface area contributed by atoms with Gasteiger partial charge in [0.25, 0.3) is 0 Å². The highest BCUT2D eigenvalue weighted by Crippen LogP contribution is 2.26. The van der Waals surface area contributed by atoms with Gasteiger partial charge >= 0.3 is 0 Å². The minimum absolute atomic E-state index is 0.00690. The predicted molar refractivity (Wildman–Crippen MR) is 82.8 cm³/mol. The summed E-state index contributed by atoms with van der Waals surface area (Å²) in [5.74, 6) is 0.321. The van der Waals surface area contributed by atoms with Gasteiger partial charge in [-0.05, 0) is 24.7 Å². The van der Waals surface area contributed by atoms with Crippen LogP contribution in [0.2, 0.25) is 0 Å². The molecule has 0 aromatic heterocycles. The highest BCUT2D eigenvalue weighted by molar-refractivity contribution is 5.97. The van der Waals surface area contributed by atoms with E-state index in [1.165, 1.54) is 0 Å². The number of nitrogens with zero attached hydrogens (tertiary/aromatic N) is 1. The zero-order valence-electron chi connectivity index (χ0n) is 14.2. The maximum absolute atomic E-state index is 12.8. The molecule has 0 spiro atoms. The van der Waals surface area contributed by atoms with E-state index in [9.17, 15) is 9.59 Å². The fraction of sp³-hybridized carbons (Fsp3) is 0.875. The van der Waals surface area contributed by atoms with Gasteiger partial charge in [0, 0.05) is 13.2 Å². The number of nitrogens with one attached hydrogen (secondary N) is 1. The second-order valence-corrected chi connectivity index (χ2v) is 7.18. The molecule has 2 amide bonds. The first-order chi connectivity index (χ1) is 9.68. The summed E-state index contributed by atoms with van der Waals surface area (Å²) in [7, 11) is 0. The highest BCUT2D eigenvalue weighted by Gasteiger charge is 2.44. The third kappa shape index (κ3) is 4.70. The first-order valence-corrected chi connectivity index (χ1v) is 7.87. The molecule has 0 bridgehead atoms. The Morgan fingerprint density at radius 1 is 1.29 bits per heavy atom. The molecule has 1 fully saturated rings. The topological polar surface area (TPSA) is 58.6 Å². The van der Waals surface area contributed by atoms with Crippen LogP contribution < -0.4 is 5.32 Å². The minimum atomic E-state index is -0.463. The van der Waals surface area contributed by atoms with E-state index in [1.54, 1.807) is 4.90 Å². The molecule has 21 heavy (non-hydrogen) atoms. The first-order valence-electron chi connectivity index (χ1n) is 7.87. The zero-order chi connectivity index (χ0) is 16.2. The average molecular weight is 298 g/mol. The molecule has 2 atom stereocenters. The number of carbonyl (C=O) groups excluding carboxylic acids is 2. The number of rotatable bonds is 6. The van der Waals surface area contributed by atoms with Crippen LogP contribution in [0.1, 0.15) is 48.0 Å². The predicted octanol–water partition coefficient (Wildman–Crippen LogP) is 1.81. The van der Waals surface area contributed by atoms with E-state index in [4.69, 9.17) is 4.74 Å². The molecule has 0 aromatic carbocycles. The number of piperazine rings is 1. The van der Waals surface area contributed by atoms with E-state index >= 15 is 0 Å². The Bertz CT molecular complexity index is 374. The molecular weight excluding hydrogens is 268 g/mol. The summed E-state index contributed by atoms with van der Waals surface area (Å²) in [6.07, 6.45) is 0.681. The van der Waals surface area contributed by atoms with E-state index in [0.717, 1.165) is 0 Å². The number of ether oxygens (including phenoxy) is 1. The maximum atomic E-state index is 12.8. The molecule has 0 radical (unpaired) electrons. The summed E-state index contributed by atoms with van der Waals surface area (Å²) in [6, 6.07) is -0.841. The Hall–Kier alpha value is -1.10. The molecule has 5 heteroatoms. The van der Waals surface area contributed by atoms with Crippen LogP contribution in [0.4, 0.5) is 0 Å². The van der Waals surface area contributed by atoms with Crippen molar-refractivity contribution in [3.63, 3.8) is 0 Å². The van der Waals surface area contributed by atoms with E-state index in [2.05, 4.69) is 19.2 Å². The standard InChI is InChI=1S/C16H30N2O3/c1-7-21-9-8-18-12(10-11(2)3)14(19)17-13(15(18)20)16(4,5)6/h11-13H,7-10H2,1-6H3,(H,17,19). The summed E-state index contributed by atoms with van der Waals surface area (Å²) in [5, 5.41) is 2.91. The Kier molecular flexibility index (Phi) is 6.20. The van der Waals surface area contributed by atoms with Gasteiger partial charge in [-0.3, -0.25) is 9.59 Å². The van der Waals surface area contributed by atoms with Crippen molar-refractivity contribution >= 4 is 11.8 Å². The van der Waals surface area contributed by atoms with E-state index in [0.29, 0.717) is 32.1 Å². The molecule has 2 unspecified atom stereocenters. The van der Waals surface area contributed by atoms with Gasteiger partial charge in [-0.1, -0.05) is 34.6 Å². The van der Waals surface area contributed by atoms with Crippen LogP contribution in [0, 0.1) is 11.3 Å². The van der Waals surface area contributed by atoms with Crippen molar-refractivity contribution in [1.82, 2.24) is 10.2 Å². The van der Waals surface area contributed by atoms with Gasteiger partial charge in [-0.15, -0.1) is 0 Å². The Morgan fingerprint density at radius 3 is 2.38 bits per heavy atom. The Morgan fingerprint density at radius 2 is 1.90 bits per heavy atom. The average Bonchev–Trinajstić information content (AvgIpc) is 2.35. The summed E-state index contributed by atoms with van der Waals surface area (Å²) < 4.78 is 5.37. The van der Waals surface area contributed by atoms with Crippen molar-refractivity contribution in [3.05, 3.63) is 0 Å². The van der Waals surface area contributed by atoms with Crippen LogP contribution in [0.5, 0.6) is 0 Å². The van der Waals surface area contributed by atoms with Gasteiger partial charge in [0.15, 0.2) is 0 Å². The SMILES string of the molecule is CCOCCN1C(=O)C(C(C)(C)C)NC(=O)C1CC(C)C. The number of hydrogen-bond donors (Lipinski definition) is 1. The number of amides is 2. The lowest BCUT2D eigenvalue weighted by Gasteiger charge is -2.43. The molecule has 1 aliphatic heterocycles. The van der Waals surface area contributed by atoms with Gasteiger partial charge in [0.1, 0.15) is 12.1 Å². The van der Waals surface area contributed by atoms with Gasteiger partial charge in [-0.25, -0.2) is 0 Å². The Labute approximate surface area is 128 Å². The zero-order valence-corrected chi connectivity index (χ0v) is 14.2. The third-order valence-electron chi connectivity index (χ3n) is 3.74. The monoisotopic (exact) mass is 298 g/mol. The van der Waals surface area contributed by atoms with Crippen LogP contribution in [-0.4, -0.2) is 48.6 Å². The van der Waals surface area contributed by atoms with Gasteiger partial charge in [-0.2, -0.15) is 0 Å². The largest absolute Gasteiger partial charge is 0.380 e. The molecule has 122 valence electrons. The van der Waals surface area contributed by atoms with E-state index in [-0.39, 0.29) is 23.3 Å². The summed E-state index contributed by atoms with van der Waals surface area (Å²) >= 11 is 0. The smallest absolute Gasteiger partial charge is 0.246 e. The molecule has 5 nitrogen and oxygen atoms in total. The van der Waals surface area contributed by atoms with E-state index < -0.39 is 6.04 Å². The number of carbonyl (C=O) groups is 2. The number of hydrogen-bond acceptors (Lipinski definition) is 3. The Balaban J connectivity index is 2.93. The summed E-state index contributed by atoms with van der Waals surface area (Å²) in [4.78, 5) is 26.9. The first kappa shape index (κ1) is 18.0. The van der Waals surface area contributed by atoms with Crippen molar-refractivity contribution in [2.75, 3.05) is 19.8 Å². The van der Waals surface area contributed by atoms with Gasteiger partial charge in [0.05, 0.1) is 6.61 Å². The fourth-order valence-corrected chi connectivity index (χ4v) is 2.60. The van der Waals surface area contributed by atoms with Crippen LogP contribution >= 0.6 is 0 Å². The molecule has 1 saturated heterocycles. The molecule has 1 heterocycles. The lowest BCUT2D eigenvalue weighted by Crippen LogP contribution is -2.67. The second kappa shape index (κ2) is 7.25. The van der Waals surface area contributed by atoms with E-state index in [1.807, 2.05) is 27.7 Å². The normalized spacial score (nSPS) is 23.7. The molecule has 0 saturated carbocycles. The second-order valence-electron chi connectivity index (χ2n) is 7.18. The molecule has 1 N–H and O–H groups in total. The quantitative estimate of drug-likeness (QED) is 0.761. The summed E-state index contributed by atoms with van der Waals surface area (Å²) in [5.41, 5.74) is -0.292. The van der Waals surface area contributed by atoms with Gasteiger partial charge in [0.2, 0.25) is 11.8 Å². The molecular formula is C16H30N2O3. The molecule has 1 aliphatic rings. The highest BCUT2D eigenvalue weighted by atomic mass is 16.5. The van der Waals surface area contributed by atoms with Crippen LogP contribution in [0.25, 0.3) is 0 Å². The lowest BCUT2D eigenvalue weighted by molar-refractivity contribution is -0.153. The van der Waals surface area contributed by atoms with Crippen LogP contribution in [0.15, 0.2) is 0 Å². The molecule has 1 rings (SSSR count). The van der Waals surface area contributed by atoms with Crippen molar-refractivity contribution < 1.29 is 14.3 Å².